The van der Waals surface area contributed by atoms with E-state index in [-0.39, 0.29) is 6.04 Å². The minimum absolute atomic E-state index is 0.00370. The molecule has 0 saturated carbocycles. The Bertz CT molecular complexity index is 297. The van der Waals surface area contributed by atoms with Gasteiger partial charge in [-0.3, -0.25) is 0 Å². The van der Waals surface area contributed by atoms with E-state index in [0.717, 1.165) is 17.1 Å². The number of methoxy groups -OCH3 is 2. The van der Waals surface area contributed by atoms with Crippen LogP contribution in [-0.2, 0) is 0 Å². The lowest BCUT2D eigenvalue weighted by atomic mass is 10.1. The standard InChI is InChI=1S/C11H16NO2/c1-8(12)6-9-7-10(13-2)4-5-11(9)14-3/h4-8H,12H2,1-3H3. The fraction of sp³-hybridized carbons (Fsp3) is 0.364. The molecule has 0 saturated heterocycles. The highest BCUT2D eigenvalue weighted by Crippen LogP contribution is 2.25. The summed E-state index contributed by atoms with van der Waals surface area (Å²) < 4.78 is 10.3. The van der Waals surface area contributed by atoms with Gasteiger partial charge in [-0.1, -0.05) is 0 Å². The third-order valence-corrected chi connectivity index (χ3v) is 1.88. The second-order valence-corrected chi connectivity index (χ2v) is 3.13. The summed E-state index contributed by atoms with van der Waals surface area (Å²) >= 11 is 0. The van der Waals surface area contributed by atoms with Crippen LogP contribution in [0.2, 0.25) is 0 Å². The molecule has 77 valence electrons. The van der Waals surface area contributed by atoms with Crippen molar-refractivity contribution in [3.8, 4) is 11.5 Å². The van der Waals surface area contributed by atoms with E-state index in [1.54, 1.807) is 14.2 Å². The lowest BCUT2D eigenvalue weighted by Crippen LogP contribution is -2.16. The molecular formula is C11H16NO2. The topological polar surface area (TPSA) is 44.5 Å². The van der Waals surface area contributed by atoms with Crippen molar-refractivity contribution in [2.45, 2.75) is 13.0 Å². The van der Waals surface area contributed by atoms with E-state index in [2.05, 4.69) is 0 Å². The Kier molecular flexibility index (Phi) is 3.77. The molecule has 1 aromatic carbocycles. The van der Waals surface area contributed by atoms with Crippen LogP contribution in [0.4, 0.5) is 0 Å². The van der Waals surface area contributed by atoms with Crippen molar-refractivity contribution >= 4 is 0 Å². The first-order valence-corrected chi connectivity index (χ1v) is 4.50. The first-order valence-electron chi connectivity index (χ1n) is 4.50. The largest absolute Gasteiger partial charge is 0.497 e. The van der Waals surface area contributed by atoms with Crippen LogP contribution < -0.4 is 15.2 Å². The SMILES string of the molecule is COc1ccc(OC)c([CH]C(C)N)c1. The molecule has 0 bridgehead atoms. The molecule has 0 fully saturated rings. The fourth-order valence-electron chi connectivity index (χ4n) is 1.25. The van der Waals surface area contributed by atoms with Gasteiger partial charge in [0.15, 0.2) is 0 Å². The first kappa shape index (κ1) is 10.9. The van der Waals surface area contributed by atoms with Gasteiger partial charge in [0.2, 0.25) is 0 Å². The molecule has 1 radical (unpaired) electrons. The summed E-state index contributed by atoms with van der Waals surface area (Å²) in [7, 11) is 3.28. The Morgan fingerprint density at radius 3 is 2.50 bits per heavy atom. The lowest BCUT2D eigenvalue weighted by molar-refractivity contribution is 0.400. The predicted octanol–water partition coefficient (Wildman–Crippen LogP) is 1.60. The highest BCUT2D eigenvalue weighted by atomic mass is 16.5. The van der Waals surface area contributed by atoms with Crippen molar-refractivity contribution in [3.63, 3.8) is 0 Å². The number of nitrogens with two attached hydrogens (primary N) is 1. The van der Waals surface area contributed by atoms with Crippen molar-refractivity contribution in [2.24, 2.45) is 5.73 Å². The Labute approximate surface area is 84.8 Å². The molecule has 0 aromatic heterocycles. The van der Waals surface area contributed by atoms with Gasteiger partial charge >= 0.3 is 0 Å². The van der Waals surface area contributed by atoms with Crippen molar-refractivity contribution in [1.82, 2.24) is 0 Å². The molecule has 0 amide bonds. The molecule has 2 N–H and O–H groups in total. The maximum atomic E-state index is 5.69. The Hall–Kier alpha value is -1.22. The summed E-state index contributed by atoms with van der Waals surface area (Å²) in [5, 5.41) is 0. The van der Waals surface area contributed by atoms with E-state index < -0.39 is 0 Å². The Morgan fingerprint density at radius 2 is 2.00 bits per heavy atom. The Morgan fingerprint density at radius 1 is 1.29 bits per heavy atom. The number of hydrogen-bond acceptors (Lipinski definition) is 3. The van der Waals surface area contributed by atoms with Gasteiger partial charge in [-0.2, -0.15) is 0 Å². The molecule has 3 heteroatoms. The molecule has 0 heterocycles. The van der Waals surface area contributed by atoms with Crippen LogP contribution in [0.25, 0.3) is 0 Å². The minimum Gasteiger partial charge on any atom is -0.497 e. The quantitative estimate of drug-likeness (QED) is 0.791. The molecule has 1 unspecified atom stereocenters. The van der Waals surface area contributed by atoms with Crippen LogP contribution in [0.3, 0.4) is 0 Å². The van der Waals surface area contributed by atoms with Gasteiger partial charge in [-0.15, -0.1) is 0 Å². The number of ether oxygens (including phenoxy) is 2. The number of hydrogen-bond donors (Lipinski definition) is 1. The normalized spacial score (nSPS) is 12.3. The van der Waals surface area contributed by atoms with Gasteiger partial charge < -0.3 is 15.2 Å². The molecule has 1 rings (SSSR count). The average molecular weight is 194 g/mol. The van der Waals surface area contributed by atoms with E-state index in [1.807, 2.05) is 31.5 Å². The van der Waals surface area contributed by atoms with Crippen molar-refractivity contribution in [3.05, 3.63) is 30.2 Å². The zero-order chi connectivity index (χ0) is 10.6. The van der Waals surface area contributed by atoms with Gasteiger partial charge in [-0.25, -0.2) is 0 Å². The lowest BCUT2D eigenvalue weighted by Gasteiger charge is -2.11. The van der Waals surface area contributed by atoms with Crippen LogP contribution in [-0.4, -0.2) is 20.3 Å². The van der Waals surface area contributed by atoms with Crippen molar-refractivity contribution < 1.29 is 9.47 Å². The highest BCUT2D eigenvalue weighted by molar-refractivity contribution is 5.44. The third-order valence-electron chi connectivity index (χ3n) is 1.88. The molecule has 14 heavy (non-hydrogen) atoms. The molecular weight excluding hydrogens is 178 g/mol. The van der Waals surface area contributed by atoms with E-state index in [1.165, 1.54) is 0 Å². The molecule has 0 aliphatic rings. The first-order chi connectivity index (χ1) is 6.67. The van der Waals surface area contributed by atoms with E-state index in [0.29, 0.717) is 0 Å². The highest BCUT2D eigenvalue weighted by Gasteiger charge is 2.07. The van der Waals surface area contributed by atoms with Gasteiger partial charge in [-0.05, 0) is 25.1 Å². The zero-order valence-corrected chi connectivity index (χ0v) is 8.78. The van der Waals surface area contributed by atoms with Crippen molar-refractivity contribution in [1.29, 1.82) is 0 Å². The van der Waals surface area contributed by atoms with Gasteiger partial charge in [0, 0.05) is 18.0 Å². The van der Waals surface area contributed by atoms with Crippen LogP contribution in [0, 0.1) is 6.42 Å². The third kappa shape index (κ3) is 2.64. The summed E-state index contributed by atoms with van der Waals surface area (Å²) in [5.74, 6) is 1.61. The monoisotopic (exact) mass is 194 g/mol. The van der Waals surface area contributed by atoms with Crippen LogP contribution >= 0.6 is 0 Å². The molecule has 1 atom stereocenters. The second-order valence-electron chi connectivity index (χ2n) is 3.13. The molecule has 0 spiro atoms. The zero-order valence-electron chi connectivity index (χ0n) is 8.78. The molecule has 0 aliphatic carbocycles. The summed E-state index contributed by atoms with van der Waals surface area (Å²) in [6.07, 6.45) is 1.93. The van der Waals surface area contributed by atoms with E-state index in [4.69, 9.17) is 15.2 Å². The summed E-state index contributed by atoms with van der Waals surface area (Å²) in [5.41, 5.74) is 6.65. The van der Waals surface area contributed by atoms with Gasteiger partial charge in [0.1, 0.15) is 11.5 Å². The van der Waals surface area contributed by atoms with Crippen LogP contribution in [0.5, 0.6) is 11.5 Å². The minimum atomic E-state index is -0.00370. The smallest absolute Gasteiger partial charge is 0.122 e. The van der Waals surface area contributed by atoms with E-state index in [9.17, 15) is 0 Å². The molecule has 3 nitrogen and oxygen atoms in total. The van der Waals surface area contributed by atoms with Crippen LogP contribution in [0.15, 0.2) is 18.2 Å². The molecule has 1 aromatic rings. The number of rotatable bonds is 4. The van der Waals surface area contributed by atoms with Gasteiger partial charge in [0.05, 0.1) is 14.2 Å². The molecule has 0 aliphatic heterocycles. The maximum Gasteiger partial charge on any atom is 0.122 e. The van der Waals surface area contributed by atoms with E-state index >= 15 is 0 Å². The maximum absolute atomic E-state index is 5.69. The summed E-state index contributed by atoms with van der Waals surface area (Å²) in [4.78, 5) is 0. The van der Waals surface area contributed by atoms with Crippen LogP contribution in [0.1, 0.15) is 12.5 Å². The van der Waals surface area contributed by atoms with Crippen molar-refractivity contribution in [2.75, 3.05) is 14.2 Å². The fourth-order valence-corrected chi connectivity index (χ4v) is 1.25. The van der Waals surface area contributed by atoms with Gasteiger partial charge in [0.25, 0.3) is 0 Å². The Balaban J connectivity index is 2.96. The predicted molar refractivity (Wildman–Crippen MR) is 56.6 cm³/mol. The second kappa shape index (κ2) is 4.86. The summed E-state index contributed by atoms with van der Waals surface area (Å²) in [6, 6.07) is 5.63. The average Bonchev–Trinajstić information content (AvgIpc) is 2.16. The summed E-state index contributed by atoms with van der Waals surface area (Å²) in [6.45, 7) is 1.92. The number of benzene rings is 1.